The molecular formula is C27H29N3O3. The van der Waals surface area contributed by atoms with E-state index < -0.39 is 0 Å². The Morgan fingerprint density at radius 1 is 0.848 bits per heavy atom. The fourth-order valence-corrected chi connectivity index (χ4v) is 3.92. The molecule has 6 heteroatoms. The second kappa shape index (κ2) is 10.7. The Labute approximate surface area is 194 Å². The molecule has 3 aromatic rings. The third-order valence-corrected chi connectivity index (χ3v) is 5.86. The van der Waals surface area contributed by atoms with Crippen LogP contribution < -0.4 is 15.0 Å². The smallest absolute Gasteiger partial charge is 0.262 e. The highest BCUT2D eigenvalue weighted by molar-refractivity contribution is 5.92. The van der Waals surface area contributed by atoms with E-state index in [1.807, 2.05) is 90.7 Å². The normalized spacial score (nSPS) is 13.5. The fraction of sp³-hybridized carbons (Fsp3) is 0.259. The molecule has 1 N–H and O–H groups in total. The van der Waals surface area contributed by atoms with E-state index in [0.29, 0.717) is 25.3 Å². The van der Waals surface area contributed by atoms with Crippen LogP contribution in [0.4, 0.5) is 11.4 Å². The van der Waals surface area contributed by atoms with Crippen LogP contribution in [-0.2, 0) is 16.0 Å². The van der Waals surface area contributed by atoms with Crippen LogP contribution in [0, 0.1) is 6.92 Å². The largest absolute Gasteiger partial charge is 0.484 e. The minimum absolute atomic E-state index is 0.0374. The van der Waals surface area contributed by atoms with Crippen molar-refractivity contribution in [1.29, 1.82) is 0 Å². The molecule has 1 heterocycles. The van der Waals surface area contributed by atoms with Crippen LogP contribution in [-0.4, -0.2) is 49.5 Å². The molecule has 0 bridgehead atoms. The number of rotatable bonds is 7. The number of nitrogens with zero attached hydrogens (tertiary/aromatic N) is 2. The average molecular weight is 444 g/mol. The predicted octanol–water partition coefficient (Wildman–Crippen LogP) is 3.90. The van der Waals surface area contributed by atoms with Crippen molar-refractivity contribution in [1.82, 2.24) is 4.90 Å². The molecule has 0 aliphatic carbocycles. The van der Waals surface area contributed by atoms with E-state index in [4.69, 9.17) is 4.74 Å². The lowest BCUT2D eigenvalue weighted by atomic mass is 10.1. The standard InChI is InChI=1S/C27H29N3O3/c1-21-7-5-6-8-22(21)19-27(32)30-17-15-29(16-18-30)24-13-11-23(12-14-24)28-26(31)20-33-25-9-3-2-4-10-25/h2-14H,15-20H2,1H3,(H,28,31). The molecule has 0 unspecified atom stereocenters. The number of carbonyl (C=O) groups is 2. The van der Waals surface area contributed by atoms with Gasteiger partial charge in [-0.25, -0.2) is 0 Å². The maximum atomic E-state index is 12.7. The van der Waals surface area contributed by atoms with Crippen molar-refractivity contribution in [3.63, 3.8) is 0 Å². The lowest BCUT2D eigenvalue weighted by Crippen LogP contribution is -2.49. The van der Waals surface area contributed by atoms with Crippen LogP contribution in [0.15, 0.2) is 78.9 Å². The fourth-order valence-electron chi connectivity index (χ4n) is 3.92. The van der Waals surface area contributed by atoms with Crippen molar-refractivity contribution >= 4 is 23.2 Å². The third kappa shape index (κ3) is 6.13. The van der Waals surface area contributed by atoms with Crippen LogP contribution in [0.25, 0.3) is 0 Å². The minimum Gasteiger partial charge on any atom is -0.484 e. The van der Waals surface area contributed by atoms with Gasteiger partial charge in [-0.05, 0) is 54.4 Å². The Balaban J connectivity index is 1.24. The van der Waals surface area contributed by atoms with E-state index >= 15 is 0 Å². The lowest BCUT2D eigenvalue weighted by Gasteiger charge is -2.36. The molecule has 3 aromatic carbocycles. The van der Waals surface area contributed by atoms with E-state index in [0.717, 1.165) is 35.6 Å². The van der Waals surface area contributed by atoms with Gasteiger partial charge in [0.2, 0.25) is 5.91 Å². The van der Waals surface area contributed by atoms with E-state index in [-0.39, 0.29) is 18.4 Å². The van der Waals surface area contributed by atoms with Gasteiger partial charge in [-0.1, -0.05) is 42.5 Å². The molecular weight excluding hydrogens is 414 g/mol. The summed E-state index contributed by atoms with van der Waals surface area (Å²) in [4.78, 5) is 29.1. The highest BCUT2D eigenvalue weighted by Crippen LogP contribution is 2.20. The van der Waals surface area contributed by atoms with Crippen molar-refractivity contribution in [2.24, 2.45) is 0 Å². The molecule has 0 radical (unpaired) electrons. The Hall–Kier alpha value is -3.80. The van der Waals surface area contributed by atoms with E-state index in [1.165, 1.54) is 0 Å². The quantitative estimate of drug-likeness (QED) is 0.602. The average Bonchev–Trinajstić information content (AvgIpc) is 2.85. The summed E-state index contributed by atoms with van der Waals surface area (Å²) in [5, 5.41) is 2.86. The molecule has 0 atom stereocenters. The first-order chi connectivity index (χ1) is 16.1. The molecule has 1 aliphatic heterocycles. The molecule has 4 rings (SSSR count). The Bertz CT molecular complexity index is 1080. The molecule has 33 heavy (non-hydrogen) atoms. The van der Waals surface area contributed by atoms with Gasteiger partial charge in [0, 0.05) is 37.6 Å². The number of hydrogen-bond donors (Lipinski definition) is 1. The molecule has 1 fully saturated rings. The number of piperazine rings is 1. The summed E-state index contributed by atoms with van der Waals surface area (Å²) in [6.07, 6.45) is 0.453. The molecule has 1 aliphatic rings. The number of carbonyl (C=O) groups excluding carboxylic acids is 2. The summed E-state index contributed by atoms with van der Waals surface area (Å²) < 4.78 is 5.48. The molecule has 0 aromatic heterocycles. The molecule has 0 spiro atoms. The summed E-state index contributed by atoms with van der Waals surface area (Å²) in [7, 11) is 0. The van der Waals surface area contributed by atoms with Gasteiger partial charge in [-0.3, -0.25) is 9.59 Å². The summed E-state index contributed by atoms with van der Waals surface area (Å²) in [5.41, 5.74) is 4.06. The SMILES string of the molecule is Cc1ccccc1CC(=O)N1CCN(c2ccc(NC(=O)COc3ccccc3)cc2)CC1. The second-order valence-electron chi connectivity index (χ2n) is 8.17. The van der Waals surface area contributed by atoms with Gasteiger partial charge in [0.1, 0.15) is 5.75 Å². The summed E-state index contributed by atoms with van der Waals surface area (Å²) in [5.74, 6) is 0.645. The zero-order valence-electron chi connectivity index (χ0n) is 18.9. The first-order valence-corrected chi connectivity index (χ1v) is 11.2. The van der Waals surface area contributed by atoms with E-state index in [9.17, 15) is 9.59 Å². The lowest BCUT2D eigenvalue weighted by molar-refractivity contribution is -0.130. The zero-order chi connectivity index (χ0) is 23.0. The van der Waals surface area contributed by atoms with Crippen molar-refractivity contribution < 1.29 is 14.3 Å². The maximum Gasteiger partial charge on any atom is 0.262 e. The van der Waals surface area contributed by atoms with Crippen molar-refractivity contribution in [3.05, 3.63) is 90.0 Å². The topological polar surface area (TPSA) is 61.9 Å². The maximum absolute atomic E-state index is 12.7. The van der Waals surface area contributed by atoms with Crippen molar-refractivity contribution in [2.45, 2.75) is 13.3 Å². The summed E-state index contributed by atoms with van der Waals surface area (Å²) in [6.45, 7) is 5.00. The highest BCUT2D eigenvalue weighted by atomic mass is 16.5. The number of nitrogens with one attached hydrogen (secondary N) is 1. The second-order valence-corrected chi connectivity index (χ2v) is 8.17. The predicted molar refractivity (Wildman–Crippen MR) is 131 cm³/mol. The van der Waals surface area contributed by atoms with Gasteiger partial charge in [-0.2, -0.15) is 0 Å². The number of para-hydroxylation sites is 1. The van der Waals surface area contributed by atoms with Crippen molar-refractivity contribution in [2.75, 3.05) is 43.0 Å². The number of ether oxygens (including phenoxy) is 1. The van der Waals surface area contributed by atoms with Crippen LogP contribution in [0.3, 0.4) is 0 Å². The Morgan fingerprint density at radius 2 is 1.52 bits per heavy atom. The first kappa shape index (κ1) is 22.4. The number of aryl methyl sites for hydroxylation is 1. The third-order valence-electron chi connectivity index (χ3n) is 5.86. The zero-order valence-corrected chi connectivity index (χ0v) is 18.9. The van der Waals surface area contributed by atoms with Gasteiger partial charge in [0.15, 0.2) is 6.61 Å². The van der Waals surface area contributed by atoms with E-state index in [1.54, 1.807) is 0 Å². The van der Waals surface area contributed by atoms with Crippen LogP contribution in [0.5, 0.6) is 5.75 Å². The van der Waals surface area contributed by atoms with Crippen LogP contribution in [0.1, 0.15) is 11.1 Å². The molecule has 0 saturated carbocycles. The molecule has 6 nitrogen and oxygen atoms in total. The van der Waals surface area contributed by atoms with Gasteiger partial charge >= 0.3 is 0 Å². The van der Waals surface area contributed by atoms with Gasteiger partial charge < -0.3 is 19.9 Å². The molecule has 170 valence electrons. The van der Waals surface area contributed by atoms with E-state index in [2.05, 4.69) is 10.2 Å². The molecule has 2 amide bonds. The van der Waals surface area contributed by atoms with Gasteiger partial charge in [0.05, 0.1) is 6.42 Å². The number of hydrogen-bond acceptors (Lipinski definition) is 4. The summed E-state index contributed by atoms with van der Waals surface area (Å²) >= 11 is 0. The highest BCUT2D eigenvalue weighted by Gasteiger charge is 2.21. The minimum atomic E-state index is -0.201. The van der Waals surface area contributed by atoms with Gasteiger partial charge in [0.25, 0.3) is 5.91 Å². The monoisotopic (exact) mass is 443 g/mol. The van der Waals surface area contributed by atoms with Crippen molar-refractivity contribution in [3.8, 4) is 5.75 Å². The van der Waals surface area contributed by atoms with Crippen LogP contribution in [0.2, 0.25) is 0 Å². The van der Waals surface area contributed by atoms with Crippen LogP contribution >= 0.6 is 0 Å². The van der Waals surface area contributed by atoms with Gasteiger partial charge in [-0.15, -0.1) is 0 Å². The Kier molecular flexibility index (Phi) is 7.25. The number of amides is 2. The summed E-state index contributed by atoms with van der Waals surface area (Å²) in [6, 6.07) is 25.1. The number of anilines is 2. The number of benzene rings is 3. The first-order valence-electron chi connectivity index (χ1n) is 11.2. The molecule has 1 saturated heterocycles. The Morgan fingerprint density at radius 3 is 2.21 bits per heavy atom.